The number of nitrogens with two attached hydrogens (primary N) is 1. The Morgan fingerprint density at radius 2 is 1.64 bits per heavy atom. The largest absolute Gasteiger partial charge is 0.508 e. The van der Waals surface area contributed by atoms with Crippen molar-refractivity contribution in [1.82, 2.24) is 5.32 Å². The van der Waals surface area contributed by atoms with Crippen molar-refractivity contribution in [2.24, 2.45) is 5.73 Å². The molecule has 0 heterocycles. The molecule has 0 saturated carbocycles. The third kappa shape index (κ3) is 6.25. The topological polar surface area (TPSA) is 159 Å². The van der Waals surface area contributed by atoms with Crippen LogP contribution < -0.4 is 15.8 Å². The number of amides is 2. The van der Waals surface area contributed by atoms with Gasteiger partial charge in [-0.2, -0.15) is 8.42 Å². The molecule has 2 rings (SSSR count). The van der Waals surface area contributed by atoms with E-state index >= 15 is 0 Å². The second-order valence-electron chi connectivity index (χ2n) is 6.25. The lowest BCUT2D eigenvalue weighted by atomic mass is 9.98. The van der Waals surface area contributed by atoms with Crippen LogP contribution in [-0.4, -0.2) is 35.9 Å². The second kappa shape index (κ2) is 8.72. The van der Waals surface area contributed by atoms with Crippen molar-refractivity contribution >= 4 is 27.8 Å². The molecule has 0 aromatic heterocycles. The maximum atomic E-state index is 12.5. The zero-order valence-electron chi connectivity index (χ0n) is 15.0. The van der Waals surface area contributed by atoms with Crippen LogP contribution in [0.4, 0.5) is 5.69 Å². The first-order chi connectivity index (χ1) is 13.0. The Morgan fingerprint density at radius 1 is 1.07 bits per heavy atom. The summed E-state index contributed by atoms with van der Waals surface area (Å²) in [5.41, 5.74) is 6.82. The summed E-state index contributed by atoms with van der Waals surface area (Å²) in [6.07, 6.45) is 0.172. The maximum Gasteiger partial charge on any atom is 0.357 e. The molecule has 0 bridgehead atoms. The summed E-state index contributed by atoms with van der Waals surface area (Å²) in [7, 11) is -4.38. The number of hydrogen-bond acceptors (Lipinski definition) is 5. The van der Waals surface area contributed by atoms with E-state index in [-0.39, 0.29) is 17.9 Å². The van der Waals surface area contributed by atoms with E-state index < -0.39 is 34.1 Å². The highest BCUT2D eigenvalue weighted by molar-refractivity contribution is 7.87. The number of benzene rings is 2. The SMILES string of the molecule is CC(C(=O)N[C@@H](Cc1ccc(O)cc1)C(N)=O)c1ccc(NS(=O)(=O)O)cc1. The Bertz CT molecular complexity index is 942. The van der Waals surface area contributed by atoms with Gasteiger partial charge in [-0.3, -0.25) is 18.9 Å². The highest BCUT2D eigenvalue weighted by atomic mass is 32.2. The minimum absolute atomic E-state index is 0.0870. The van der Waals surface area contributed by atoms with E-state index in [2.05, 4.69) is 5.32 Å². The Kier molecular flexibility index (Phi) is 6.60. The smallest absolute Gasteiger partial charge is 0.357 e. The van der Waals surface area contributed by atoms with Gasteiger partial charge in [-0.1, -0.05) is 24.3 Å². The van der Waals surface area contributed by atoms with Crippen molar-refractivity contribution in [3.05, 3.63) is 59.7 Å². The first-order valence-corrected chi connectivity index (χ1v) is 9.72. The third-order valence-corrected chi connectivity index (χ3v) is 4.58. The first-order valence-electron chi connectivity index (χ1n) is 8.28. The molecule has 9 nitrogen and oxygen atoms in total. The summed E-state index contributed by atoms with van der Waals surface area (Å²) in [4.78, 5) is 24.2. The monoisotopic (exact) mass is 407 g/mol. The summed E-state index contributed by atoms with van der Waals surface area (Å²) in [6.45, 7) is 1.62. The highest BCUT2D eigenvalue weighted by Crippen LogP contribution is 2.19. The van der Waals surface area contributed by atoms with E-state index in [0.29, 0.717) is 5.56 Å². The average molecular weight is 407 g/mol. The highest BCUT2D eigenvalue weighted by Gasteiger charge is 2.23. The van der Waals surface area contributed by atoms with E-state index in [1.807, 2.05) is 4.72 Å². The number of carbonyl (C=O) groups excluding carboxylic acids is 2. The molecule has 0 aliphatic carbocycles. The molecular formula is C18H21N3O6S. The average Bonchev–Trinajstić information content (AvgIpc) is 2.61. The zero-order valence-corrected chi connectivity index (χ0v) is 15.8. The van der Waals surface area contributed by atoms with Gasteiger partial charge >= 0.3 is 10.3 Å². The van der Waals surface area contributed by atoms with Crippen LogP contribution in [0, 0.1) is 0 Å². The number of nitrogens with one attached hydrogen (secondary N) is 2. The predicted molar refractivity (Wildman–Crippen MR) is 103 cm³/mol. The van der Waals surface area contributed by atoms with Gasteiger partial charge in [0.25, 0.3) is 0 Å². The van der Waals surface area contributed by atoms with Crippen LogP contribution >= 0.6 is 0 Å². The Balaban J connectivity index is 2.06. The molecule has 2 amide bonds. The fourth-order valence-electron chi connectivity index (χ4n) is 2.53. The van der Waals surface area contributed by atoms with Gasteiger partial charge in [-0.25, -0.2) is 0 Å². The molecule has 0 spiro atoms. The summed E-state index contributed by atoms with van der Waals surface area (Å²) in [5, 5.41) is 11.9. The van der Waals surface area contributed by atoms with Gasteiger partial charge in [0, 0.05) is 6.42 Å². The maximum absolute atomic E-state index is 12.5. The van der Waals surface area contributed by atoms with Crippen molar-refractivity contribution in [1.29, 1.82) is 0 Å². The minimum atomic E-state index is -4.38. The van der Waals surface area contributed by atoms with Crippen molar-refractivity contribution in [2.75, 3.05) is 4.72 Å². The van der Waals surface area contributed by atoms with Crippen LogP contribution in [0.2, 0.25) is 0 Å². The molecule has 0 radical (unpaired) electrons. The molecule has 10 heteroatoms. The second-order valence-corrected chi connectivity index (χ2v) is 7.41. The summed E-state index contributed by atoms with van der Waals surface area (Å²) >= 11 is 0. The van der Waals surface area contributed by atoms with E-state index in [4.69, 9.17) is 10.3 Å². The van der Waals surface area contributed by atoms with Gasteiger partial charge in [0.05, 0.1) is 11.6 Å². The van der Waals surface area contributed by atoms with Crippen LogP contribution in [0.25, 0.3) is 0 Å². The molecular weight excluding hydrogens is 386 g/mol. The third-order valence-electron chi connectivity index (χ3n) is 4.09. The number of aromatic hydroxyl groups is 1. The fraction of sp³-hybridized carbons (Fsp3) is 0.222. The summed E-state index contributed by atoms with van der Waals surface area (Å²) in [6, 6.07) is 11.1. The Hall–Kier alpha value is -3.11. The van der Waals surface area contributed by atoms with Gasteiger partial charge in [0.2, 0.25) is 11.8 Å². The molecule has 1 unspecified atom stereocenters. The quantitative estimate of drug-likeness (QED) is 0.409. The van der Waals surface area contributed by atoms with Gasteiger partial charge < -0.3 is 16.2 Å². The number of phenolic OH excluding ortho intramolecular Hbond substituents is 1. The van der Waals surface area contributed by atoms with E-state index in [1.54, 1.807) is 19.1 Å². The van der Waals surface area contributed by atoms with Crippen LogP contribution in [0.1, 0.15) is 24.0 Å². The van der Waals surface area contributed by atoms with Gasteiger partial charge in [0.15, 0.2) is 0 Å². The number of hydrogen-bond donors (Lipinski definition) is 5. The molecule has 6 N–H and O–H groups in total. The lowest BCUT2D eigenvalue weighted by molar-refractivity contribution is -0.128. The molecule has 0 aliphatic heterocycles. The fourth-order valence-corrected chi connectivity index (χ4v) is 2.96. The molecule has 28 heavy (non-hydrogen) atoms. The van der Waals surface area contributed by atoms with Crippen LogP contribution in [0.3, 0.4) is 0 Å². The molecule has 150 valence electrons. The Labute approximate surface area is 162 Å². The summed E-state index contributed by atoms with van der Waals surface area (Å²) < 4.78 is 32.3. The molecule has 2 aromatic carbocycles. The molecule has 0 aliphatic rings. The van der Waals surface area contributed by atoms with Crippen molar-refractivity contribution in [2.45, 2.75) is 25.3 Å². The van der Waals surface area contributed by atoms with E-state index in [1.165, 1.54) is 36.4 Å². The molecule has 2 atom stereocenters. The minimum Gasteiger partial charge on any atom is -0.508 e. The number of rotatable bonds is 8. The number of primary amides is 1. The van der Waals surface area contributed by atoms with Gasteiger partial charge in [-0.05, 0) is 42.3 Å². The number of anilines is 1. The van der Waals surface area contributed by atoms with Crippen molar-refractivity contribution < 1.29 is 27.7 Å². The number of carbonyl (C=O) groups is 2. The Morgan fingerprint density at radius 3 is 2.14 bits per heavy atom. The van der Waals surface area contributed by atoms with Crippen LogP contribution in [-0.2, 0) is 26.3 Å². The van der Waals surface area contributed by atoms with E-state index in [9.17, 15) is 23.1 Å². The van der Waals surface area contributed by atoms with Crippen molar-refractivity contribution in [3.8, 4) is 5.75 Å². The first kappa shape index (κ1) is 21.2. The van der Waals surface area contributed by atoms with Gasteiger partial charge in [-0.15, -0.1) is 0 Å². The normalized spacial score (nSPS) is 13.4. The summed E-state index contributed by atoms with van der Waals surface area (Å²) in [5.74, 6) is -1.68. The standard InChI is InChI=1S/C18H21N3O6S/c1-11(13-4-6-14(7-5-13)21-28(25,26)27)18(24)20-16(17(19)23)10-12-2-8-15(22)9-3-12/h2-9,11,16,21-22H,10H2,1H3,(H2,19,23)(H,20,24)(H,25,26,27)/t11?,16-/m0/s1. The number of phenols is 1. The predicted octanol–water partition coefficient (Wildman–Crippen LogP) is 0.923. The van der Waals surface area contributed by atoms with Crippen molar-refractivity contribution in [3.63, 3.8) is 0 Å². The lowest BCUT2D eigenvalue weighted by Crippen LogP contribution is -2.47. The van der Waals surface area contributed by atoms with Crippen LogP contribution in [0.5, 0.6) is 5.75 Å². The zero-order chi connectivity index (χ0) is 20.9. The van der Waals surface area contributed by atoms with Gasteiger partial charge in [0.1, 0.15) is 11.8 Å². The lowest BCUT2D eigenvalue weighted by Gasteiger charge is -2.19. The molecule has 0 fully saturated rings. The van der Waals surface area contributed by atoms with Crippen LogP contribution in [0.15, 0.2) is 48.5 Å². The molecule has 2 aromatic rings. The van der Waals surface area contributed by atoms with E-state index in [0.717, 1.165) is 5.56 Å². The molecule has 0 saturated heterocycles.